The fourth-order valence-corrected chi connectivity index (χ4v) is 2.48. The zero-order valence-electron chi connectivity index (χ0n) is 15.1. The smallest absolute Gasteiger partial charge is 0.223 e. The van der Waals surface area contributed by atoms with Crippen molar-refractivity contribution in [3.05, 3.63) is 47.3 Å². The second-order valence-corrected chi connectivity index (χ2v) is 5.95. The molecule has 134 valence electrons. The number of hydrogen-bond acceptors (Lipinski definition) is 5. The summed E-state index contributed by atoms with van der Waals surface area (Å²) in [5.41, 5.74) is 3.05. The van der Waals surface area contributed by atoms with Gasteiger partial charge in [0.05, 0.1) is 7.11 Å². The molecule has 0 unspecified atom stereocenters. The Morgan fingerprint density at radius 1 is 1.08 bits per heavy atom. The average Bonchev–Trinajstić information content (AvgIpc) is 2.58. The van der Waals surface area contributed by atoms with Crippen LogP contribution in [-0.2, 0) is 11.2 Å². The lowest BCUT2D eigenvalue weighted by Gasteiger charge is -2.08. The van der Waals surface area contributed by atoms with Crippen LogP contribution in [0.1, 0.15) is 29.8 Å². The predicted octanol–water partition coefficient (Wildman–Crippen LogP) is 2.65. The molecule has 0 saturated carbocycles. The second kappa shape index (κ2) is 9.61. The van der Waals surface area contributed by atoms with Gasteiger partial charge in [-0.05, 0) is 50.5 Å². The van der Waals surface area contributed by atoms with Gasteiger partial charge in [0.2, 0.25) is 11.9 Å². The zero-order chi connectivity index (χ0) is 18.1. The lowest BCUT2D eigenvalue weighted by Crippen LogP contribution is -2.26. The Morgan fingerprint density at radius 2 is 1.76 bits per heavy atom. The number of ether oxygens (including phenoxy) is 1. The maximum atomic E-state index is 11.9. The lowest BCUT2D eigenvalue weighted by atomic mass is 10.1. The average molecular weight is 342 g/mol. The number of aromatic nitrogens is 2. The highest BCUT2D eigenvalue weighted by atomic mass is 16.5. The molecule has 0 aliphatic carbocycles. The lowest BCUT2D eigenvalue weighted by molar-refractivity contribution is -0.121. The van der Waals surface area contributed by atoms with Crippen LogP contribution in [0.5, 0.6) is 5.75 Å². The standard InChI is InChI=1S/C19H26N4O2/c1-14-13-15(2)23-19(22-14)21-11-4-5-18(24)20-12-10-16-6-8-17(25-3)9-7-16/h6-9,13H,4-5,10-12H2,1-3H3,(H,20,24)(H,21,22,23). The van der Waals surface area contributed by atoms with Crippen LogP contribution in [0.15, 0.2) is 30.3 Å². The molecule has 0 saturated heterocycles. The molecule has 1 aromatic heterocycles. The van der Waals surface area contributed by atoms with E-state index in [1.807, 2.05) is 44.2 Å². The molecule has 0 bridgehead atoms. The van der Waals surface area contributed by atoms with E-state index in [0.29, 0.717) is 25.5 Å². The Hall–Kier alpha value is -2.63. The normalized spacial score (nSPS) is 10.4. The van der Waals surface area contributed by atoms with Crippen LogP contribution in [0.4, 0.5) is 5.95 Å². The minimum absolute atomic E-state index is 0.0663. The van der Waals surface area contributed by atoms with Crippen LogP contribution in [0, 0.1) is 13.8 Å². The maximum Gasteiger partial charge on any atom is 0.223 e. The van der Waals surface area contributed by atoms with Gasteiger partial charge in [-0.2, -0.15) is 0 Å². The second-order valence-electron chi connectivity index (χ2n) is 5.95. The Bertz CT molecular complexity index is 666. The van der Waals surface area contributed by atoms with Gasteiger partial charge in [-0.1, -0.05) is 12.1 Å². The molecule has 0 aliphatic heterocycles. The zero-order valence-corrected chi connectivity index (χ0v) is 15.1. The van der Waals surface area contributed by atoms with Crippen molar-refractivity contribution in [2.24, 2.45) is 0 Å². The van der Waals surface area contributed by atoms with Crippen LogP contribution in [0.2, 0.25) is 0 Å². The molecule has 0 aliphatic rings. The SMILES string of the molecule is COc1ccc(CCNC(=O)CCCNc2nc(C)cc(C)n2)cc1. The highest BCUT2D eigenvalue weighted by Gasteiger charge is 2.03. The van der Waals surface area contributed by atoms with Crippen molar-refractivity contribution in [3.8, 4) is 5.75 Å². The van der Waals surface area contributed by atoms with Crippen molar-refractivity contribution in [1.82, 2.24) is 15.3 Å². The topological polar surface area (TPSA) is 76.1 Å². The van der Waals surface area contributed by atoms with Crippen LogP contribution < -0.4 is 15.4 Å². The number of amides is 1. The number of methoxy groups -OCH3 is 1. The monoisotopic (exact) mass is 342 g/mol. The molecular formula is C19H26N4O2. The number of benzene rings is 1. The number of aryl methyl sites for hydroxylation is 2. The minimum atomic E-state index is 0.0663. The van der Waals surface area contributed by atoms with Gasteiger partial charge in [0, 0.05) is 30.9 Å². The van der Waals surface area contributed by atoms with Gasteiger partial charge in [0.25, 0.3) is 0 Å². The highest BCUT2D eigenvalue weighted by Crippen LogP contribution is 2.11. The van der Waals surface area contributed by atoms with Crippen molar-refractivity contribution in [1.29, 1.82) is 0 Å². The first-order valence-electron chi connectivity index (χ1n) is 8.52. The van der Waals surface area contributed by atoms with Gasteiger partial charge in [-0.25, -0.2) is 9.97 Å². The summed E-state index contributed by atoms with van der Waals surface area (Å²) >= 11 is 0. The number of hydrogen-bond donors (Lipinski definition) is 2. The quantitative estimate of drug-likeness (QED) is 0.685. The Labute approximate surface area is 149 Å². The first kappa shape index (κ1) is 18.7. The van der Waals surface area contributed by atoms with E-state index in [2.05, 4.69) is 20.6 Å². The number of carbonyl (C=O) groups is 1. The predicted molar refractivity (Wildman–Crippen MR) is 98.9 cm³/mol. The molecule has 6 heteroatoms. The summed E-state index contributed by atoms with van der Waals surface area (Å²) in [6.07, 6.45) is 2.04. The summed E-state index contributed by atoms with van der Waals surface area (Å²) in [4.78, 5) is 20.5. The van der Waals surface area contributed by atoms with Crippen molar-refractivity contribution in [2.45, 2.75) is 33.1 Å². The van der Waals surface area contributed by atoms with Crippen LogP contribution in [-0.4, -0.2) is 36.1 Å². The van der Waals surface area contributed by atoms with E-state index in [1.165, 1.54) is 5.56 Å². The number of anilines is 1. The molecule has 0 fully saturated rings. The summed E-state index contributed by atoms with van der Waals surface area (Å²) in [6.45, 7) is 5.19. The molecule has 0 radical (unpaired) electrons. The first-order chi connectivity index (χ1) is 12.1. The van der Waals surface area contributed by atoms with E-state index in [4.69, 9.17) is 4.74 Å². The molecule has 1 aromatic carbocycles. The van der Waals surface area contributed by atoms with Gasteiger partial charge in [0.15, 0.2) is 0 Å². The van der Waals surface area contributed by atoms with Gasteiger partial charge >= 0.3 is 0 Å². The fourth-order valence-electron chi connectivity index (χ4n) is 2.48. The third-order valence-electron chi connectivity index (χ3n) is 3.74. The number of rotatable bonds is 9. The van der Waals surface area contributed by atoms with Crippen LogP contribution >= 0.6 is 0 Å². The van der Waals surface area contributed by atoms with Gasteiger partial charge in [-0.15, -0.1) is 0 Å². The molecule has 2 N–H and O–H groups in total. The minimum Gasteiger partial charge on any atom is -0.497 e. The number of nitrogens with one attached hydrogen (secondary N) is 2. The number of nitrogens with zero attached hydrogens (tertiary/aromatic N) is 2. The molecule has 0 atom stereocenters. The van der Waals surface area contributed by atoms with Gasteiger partial charge < -0.3 is 15.4 Å². The van der Waals surface area contributed by atoms with Crippen molar-refractivity contribution >= 4 is 11.9 Å². The van der Waals surface area contributed by atoms with Gasteiger partial charge in [0.1, 0.15) is 5.75 Å². The molecule has 2 rings (SSSR count). The van der Waals surface area contributed by atoms with Crippen molar-refractivity contribution in [2.75, 3.05) is 25.5 Å². The Morgan fingerprint density at radius 3 is 2.40 bits per heavy atom. The van der Waals surface area contributed by atoms with E-state index >= 15 is 0 Å². The van der Waals surface area contributed by atoms with E-state index in [-0.39, 0.29) is 5.91 Å². The summed E-state index contributed by atoms with van der Waals surface area (Å²) < 4.78 is 5.13. The molecule has 2 aromatic rings. The maximum absolute atomic E-state index is 11.9. The van der Waals surface area contributed by atoms with Crippen LogP contribution in [0.3, 0.4) is 0 Å². The van der Waals surface area contributed by atoms with Crippen molar-refractivity contribution < 1.29 is 9.53 Å². The fraction of sp³-hybridized carbons (Fsp3) is 0.421. The summed E-state index contributed by atoms with van der Waals surface area (Å²) in [5, 5.41) is 6.11. The molecule has 1 heterocycles. The van der Waals surface area contributed by atoms with E-state index in [1.54, 1.807) is 7.11 Å². The third-order valence-corrected chi connectivity index (χ3v) is 3.74. The van der Waals surface area contributed by atoms with E-state index < -0.39 is 0 Å². The largest absolute Gasteiger partial charge is 0.497 e. The van der Waals surface area contributed by atoms with Crippen LogP contribution in [0.25, 0.3) is 0 Å². The third kappa shape index (κ3) is 6.79. The summed E-state index contributed by atoms with van der Waals surface area (Å²) in [5.74, 6) is 1.53. The van der Waals surface area contributed by atoms with Gasteiger partial charge in [-0.3, -0.25) is 4.79 Å². The summed E-state index contributed by atoms with van der Waals surface area (Å²) in [6, 6.07) is 9.81. The first-order valence-corrected chi connectivity index (χ1v) is 8.52. The highest BCUT2D eigenvalue weighted by molar-refractivity contribution is 5.75. The molecule has 25 heavy (non-hydrogen) atoms. The molecular weight excluding hydrogens is 316 g/mol. The Kier molecular flexibility index (Phi) is 7.19. The Balaban J connectivity index is 1.60. The molecule has 1 amide bonds. The van der Waals surface area contributed by atoms with Crippen molar-refractivity contribution in [3.63, 3.8) is 0 Å². The van der Waals surface area contributed by atoms with E-state index in [9.17, 15) is 4.79 Å². The number of carbonyl (C=O) groups excluding carboxylic acids is 1. The summed E-state index contributed by atoms with van der Waals surface area (Å²) in [7, 11) is 1.65. The molecule has 0 spiro atoms. The van der Waals surface area contributed by atoms with E-state index in [0.717, 1.165) is 30.0 Å². The molecule has 6 nitrogen and oxygen atoms in total.